The molecule has 0 saturated heterocycles. The number of H-pyrrole nitrogens is 1. The molecule has 0 saturated carbocycles. The first kappa shape index (κ1) is 14.7. The molecule has 1 N–H and O–H groups in total. The van der Waals surface area contributed by atoms with Crippen molar-refractivity contribution in [1.29, 1.82) is 0 Å². The normalized spacial score (nSPS) is 10.9. The topological polar surface area (TPSA) is 42.1 Å². The largest absolute Gasteiger partial charge is 0.496 e. The van der Waals surface area contributed by atoms with Crippen molar-refractivity contribution < 1.29 is 9.53 Å². The number of aromatic amines is 1. The first-order valence-electron chi connectivity index (χ1n) is 6.97. The maximum absolute atomic E-state index is 11.7. The molecular weight excluding hydrogens is 298 g/mol. The molecule has 0 aliphatic carbocycles. The molecule has 0 aliphatic heterocycles. The number of hydrogen-bond donors (Lipinski definition) is 1. The smallest absolute Gasteiger partial charge is 0.152 e. The summed E-state index contributed by atoms with van der Waals surface area (Å²) in [6.07, 6.45) is 0.848. The van der Waals surface area contributed by atoms with Gasteiger partial charge < -0.3 is 9.72 Å². The fourth-order valence-electron chi connectivity index (χ4n) is 2.77. The van der Waals surface area contributed by atoms with Gasteiger partial charge in [-0.15, -0.1) is 0 Å². The van der Waals surface area contributed by atoms with E-state index in [9.17, 15) is 4.79 Å². The van der Waals surface area contributed by atoms with E-state index < -0.39 is 0 Å². The Morgan fingerprint density at radius 3 is 2.64 bits per heavy atom. The van der Waals surface area contributed by atoms with E-state index in [2.05, 4.69) is 4.98 Å². The number of aldehydes is 1. The van der Waals surface area contributed by atoms with Gasteiger partial charge in [0.2, 0.25) is 0 Å². The second-order valence-electron chi connectivity index (χ2n) is 5.35. The highest BCUT2D eigenvalue weighted by Crippen LogP contribution is 2.38. The molecule has 3 rings (SSSR count). The molecule has 0 amide bonds. The average Bonchev–Trinajstić information content (AvgIpc) is 2.91. The minimum Gasteiger partial charge on any atom is -0.496 e. The van der Waals surface area contributed by atoms with Crippen LogP contribution in [0.15, 0.2) is 30.3 Å². The van der Waals surface area contributed by atoms with E-state index in [4.69, 9.17) is 16.3 Å². The highest BCUT2D eigenvalue weighted by atomic mass is 35.5. The van der Waals surface area contributed by atoms with Crippen molar-refractivity contribution in [2.45, 2.75) is 13.8 Å². The first-order chi connectivity index (χ1) is 10.6. The zero-order valence-electron chi connectivity index (χ0n) is 12.7. The van der Waals surface area contributed by atoms with E-state index >= 15 is 0 Å². The summed E-state index contributed by atoms with van der Waals surface area (Å²) in [4.78, 5) is 15.1. The third-order valence-corrected chi connectivity index (χ3v) is 4.21. The zero-order chi connectivity index (χ0) is 15.9. The van der Waals surface area contributed by atoms with Gasteiger partial charge in [0, 0.05) is 16.5 Å². The van der Waals surface area contributed by atoms with Gasteiger partial charge in [-0.2, -0.15) is 0 Å². The number of carbonyl (C=O) groups is 1. The minimum absolute atomic E-state index is 0.563. The van der Waals surface area contributed by atoms with Gasteiger partial charge in [-0.3, -0.25) is 4.79 Å². The van der Waals surface area contributed by atoms with Gasteiger partial charge >= 0.3 is 0 Å². The molecule has 0 atom stereocenters. The summed E-state index contributed by atoms with van der Waals surface area (Å²) in [5.41, 5.74) is 5.17. The number of rotatable bonds is 3. The van der Waals surface area contributed by atoms with Crippen LogP contribution in [0.2, 0.25) is 5.02 Å². The second kappa shape index (κ2) is 5.50. The van der Waals surface area contributed by atoms with Crippen LogP contribution in [0.3, 0.4) is 0 Å². The summed E-state index contributed by atoms with van der Waals surface area (Å²) in [6.45, 7) is 3.99. The molecule has 3 nitrogen and oxygen atoms in total. The Morgan fingerprint density at radius 2 is 1.95 bits per heavy atom. The van der Waals surface area contributed by atoms with Crippen molar-refractivity contribution in [2.24, 2.45) is 0 Å². The van der Waals surface area contributed by atoms with Crippen molar-refractivity contribution in [3.63, 3.8) is 0 Å². The molecule has 0 fully saturated rings. The first-order valence-corrected chi connectivity index (χ1v) is 7.35. The summed E-state index contributed by atoms with van der Waals surface area (Å²) >= 11 is 6.31. The van der Waals surface area contributed by atoms with Crippen LogP contribution in [-0.2, 0) is 0 Å². The SMILES string of the molecule is COc1ccc(C)cc1-c1[nH]c2c(C)ccc(Cl)c2c1C=O. The van der Waals surface area contributed by atoms with Crippen LogP contribution in [0.4, 0.5) is 0 Å². The molecule has 4 heteroatoms. The van der Waals surface area contributed by atoms with Gasteiger partial charge in [0.1, 0.15) is 5.75 Å². The maximum atomic E-state index is 11.7. The molecule has 3 aromatic rings. The molecular formula is C18H16ClNO2. The van der Waals surface area contributed by atoms with Crippen molar-refractivity contribution in [3.8, 4) is 17.0 Å². The van der Waals surface area contributed by atoms with Gasteiger partial charge in [0.05, 0.1) is 23.3 Å². The lowest BCUT2D eigenvalue weighted by molar-refractivity contribution is 0.112. The molecule has 0 bridgehead atoms. The Balaban J connectivity index is 2.42. The molecule has 22 heavy (non-hydrogen) atoms. The van der Waals surface area contributed by atoms with E-state index in [1.54, 1.807) is 7.11 Å². The number of aromatic nitrogens is 1. The van der Waals surface area contributed by atoms with Crippen molar-refractivity contribution in [3.05, 3.63) is 52.0 Å². The van der Waals surface area contributed by atoms with E-state index in [1.165, 1.54) is 0 Å². The van der Waals surface area contributed by atoms with Crippen molar-refractivity contribution in [2.75, 3.05) is 7.11 Å². The monoisotopic (exact) mass is 313 g/mol. The third-order valence-electron chi connectivity index (χ3n) is 3.89. The standard InChI is InChI=1S/C18H16ClNO2/c1-10-4-7-15(22-3)12(8-10)18-13(9-21)16-14(19)6-5-11(2)17(16)20-18/h4-9,20H,1-3H3. The van der Waals surface area contributed by atoms with E-state index in [0.29, 0.717) is 16.3 Å². The predicted octanol–water partition coefficient (Wildman–Crippen LogP) is 4.93. The number of nitrogens with one attached hydrogen (secondary N) is 1. The number of fused-ring (bicyclic) bond motifs is 1. The molecule has 1 heterocycles. The number of ether oxygens (including phenoxy) is 1. The lowest BCUT2D eigenvalue weighted by Crippen LogP contribution is -1.91. The highest BCUT2D eigenvalue weighted by molar-refractivity contribution is 6.37. The van der Waals surface area contributed by atoms with Crippen LogP contribution in [0.25, 0.3) is 22.2 Å². The molecule has 0 unspecified atom stereocenters. The quantitative estimate of drug-likeness (QED) is 0.697. The molecule has 112 valence electrons. The number of methoxy groups -OCH3 is 1. The Labute approximate surface area is 133 Å². The minimum atomic E-state index is 0.563. The van der Waals surface area contributed by atoms with Crippen LogP contribution in [0.5, 0.6) is 5.75 Å². The summed E-state index contributed by atoms with van der Waals surface area (Å²) in [7, 11) is 1.62. The fraction of sp³-hybridized carbons (Fsp3) is 0.167. The average molecular weight is 314 g/mol. The van der Waals surface area contributed by atoms with E-state index in [0.717, 1.165) is 39.6 Å². The van der Waals surface area contributed by atoms with Crippen LogP contribution >= 0.6 is 11.6 Å². The lowest BCUT2D eigenvalue weighted by atomic mass is 10.0. The van der Waals surface area contributed by atoms with E-state index in [1.807, 2.05) is 44.2 Å². The summed E-state index contributed by atoms with van der Waals surface area (Å²) in [6, 6.07) is 9.63. The number of hydrogen-bond acceptors (Lipinski definition) is 2. The van der Waals surface area contributed by atoms with Gasteiger partial charge in [0.15, 0.2) is 6.29 Å². The maximum Gasteiger partial charge on any atom is 0.152 e. The molecule has 0 radical (unpaired) electrons. The summed E-state index contributed by atoms with van der Waals surface area (Å²) in [5, 5.41) is 1.33. The van der Waals surface area contributed by atoms with Crippen LogP contribution in [-0.4, -0.2) is 18.4 Å². The van der Waals surface area contributed by atoms with Crippen LogP contribution in [0.1, 0.15) is 21.5 Å². The number of halogens is 1. The molecule has 2 aromatic carbocycles. The van der Waals surface area contributed by atoms with Gasteiger partial charge in [0.25, 0.3) is 0 Å². The van der Waals surface area contributed by atoms with E-state index in [-0.39, 0.29) is 0 Å². The Hall–Kier alpha value is -2.26. The number of benzene rings is 2. The van der Waals surface area contributed by atoms with Gasteiger partial charge in [-0.1, -0.05) is 29.3 Å². The Kier molecular flexibility index (Phi) is 3.67. The summed E-state index contributed by atoms with van der Waals surface area (Å²) < 4.78 is 5.44. The Bertz CT molecular complexity index is 880. The Morgan fingerprint density at radius 1 is 1.18 bits per heavy atom. The molecule has 1 aromatic heterocycles. The molecule has 0 spiro atoms. The van der Waals surface area contributed by atoms with Crippen LogP contribution in [0, 0.1) is 13.8 Å². The van der Waals surface area contributed by atoms with Gasteiger partial charge in [-0.05, 0) is 37.6 Å². The zero-order valence-corrected chi connectivity index (χ0v) is 13.4. The number of carbonyl (C=O) groups excluding carboxylic acids is 1. The second-order valence-corrected chi connectivity index (χ2v) is 5.76. The van der Waals surface area contributed by atoms with Crippen molar-refractivity contribution >= 4 is 28.8 Å². The summed E-state index contributed by atoms with van der Waals surface area (Å²) in [5.74, 6) is 0.717. The highest BCUT2D eigenvalue weighted by Gasteiger charge is 2.19. The van der Waals surface area contributed by atoms with Gasteiger partial charge in [-0.25, -0.2) is 0 Å². The molecule has 0 aliphatic rings. The third kappa shape index (κ3) is 2.18. The fourth-order valence-corrected chi connectivity index (χ4v) is 3.03. The van der Waals surface area contributed by atoms with Crippen molar-refractivity contribution in [1.82, 2.24) is 4.98 Å². The number of aryl methyl sites for hydroxylation is 2. The lowest BCUT2D eigenvalue weighted by Gasteiger charge is -2.09. The predicted molar refractivity (Wildman–Crippen MR) is 90.2 cm³/mol. The van der Waals surface area contributed by atoms with Crippen LogP contribution < -0.4 is 4.74 Å².